The van der Waals surface area contributed by atoms with Crippen LogP contribution in [0.4, 0.5) is 0 Å². The Morgan fingerprint density at radius 2 is 2.04 bits per heavy atom. The van der Waals surface area contributed by atoms with E-state index in [9.17, 15) is 13.2 Å². The maximum Gasteiger partial charge on any atom is 0.267 e. The first-order valence-corrected chi connectivity index (χ1v) is 8.92. The van der Waals surface area contributed by atoms with Gasteiger partial charge in [0.25, 0.3) is 10.0 Å². The van der Waals surface area contributed by atoms with Gasteiger partial charge in [0.1, 0.15) is 0 Å². The Morgan fingerprint density at radius 1 is 1.35 bits per heavy atom. The third kappa shape index (κ3) is 3.38. The van der Waals surface area contributed by atoms with Crippen molar-refractivity contribution in [3.8, 4) is 11.3 Å². The number of carbonyl (C=O) groups excluding carboxylic acids is 1. The number of aromatic nitrogens is 3. The molecule has 3 rings (SSSR count). The van der Waals surface area contributed by atoms with Crippen LogP contribution in [0.3, 0.4) is 0 Å². The van der Waals surface area contributed by atoms with E-state index < -0.39 is 10.0 Å². The Hall–Kier alpha value is -2.30. The molecule has 0 spiro atoms. The van der Waals surface area contributed by atoms with Gasteiger partial charge in [-0.25, -0.2) is 23.1 Å². The summed E-state index contributed by atoms with van der Waals surface area (Å²) in [6, 6.07) is 7.54. The van der Waals surface area contributed by atoms with Crippen molar-refractivity contribution in [3.05, 3.63) is 36.0 Å². The molecule has 0 radical (unpaired) electrons. The van der Waals surface area contributed by atoms with E-state index in [2.05, 4.69) is 15.4 Å². The summed E-state index contributed by atoms with van der Waals surface area (Å²) in [5, 5.41) is 11.7. The quantitative estimate of drug-likeness (QED) is 0.718. The molecule has 120 valence electrons. The highest BCUT2D eigenvalue weighted by Gasteiger charge is 2.17. The highest BCUT2D eigenvalue weighted by molar-refractivity contribution is 7.91. The molecule has 3 N–H and O–H groups in total. The fraction of sp³-hybridized carbons (Fsp3) is 0.154. The highest BCUT2D eigenvalue weighted by Crippen LogP contribution is 2.24. The Balaban J connectivity index is 1.85. The molecule has 8 nitrogen and oxygen atoms in total. The molecule has 0 saturated heterocycles. The van der Waals surface area contributed by atoms with Gasteiger partial charge in [0.2, 0.25) is 15.2 Å². The van der Waals surface area contributed by atoms with Gasteiger partial charge < -0.3 is 5.32 Å². The smallest absolute Gasteiger partial charge is 0.267 e. The van der Waals surface area contributed by atoms with Gasteiger partial charge in [0.15, 0.2) is 0 Å². The zero-order chi connectivity index (χ0) is 16.6. The topological polar surface area (TPSA) is 119 Å². The third-order valence-electron chi connectivity index (χ3n) is 3.06. The number of imidazole rings is 1. The van der Waals surface area contributed by atoms with Gasteiger partial charge in [-0.3, -0.25) is 4.79 Å². The Kier molecular flexibility index (Phi) is 3.88. The van der Waals surface area contributed by atoms with Crippen molar-refractivity contribution in [3.63, 3.8) is 0 Å². The minimum Gasteiger partial charge on any atom is -0.352 e. The average molecular weight is 351 g/mol. The van der Waals surface area contributed by atoms with Crippen LogP contribution in [0.15, 0.2) is 34.8 Å². The maximum absolute atomic E-state index is 11.3. The van der Waals surface area contributed by atoms with Crippen molar-refractivity contribution in [1.82, 2.24) is 19.9 Å². The predicted molar refractivity (Wildman–Crippen MR) is 85.2 cm³/mol. The second kappa shape index (κ2) is 5.72. The Bertz CT molecular complexity index is 941. The standard InChI is InChI=1S/C13H13N5O3S2/c1-8(19)15-6-9-2-4-10(5-3-9)11-7-18-12(16-11)22-13(17-18)23(14,20)21/h2-5,7H,6H2,1H3,(H,15,19)(H2,14,20,21). The number of amides is 1. The highest BCUT2D eigenvalue weighted by atomic mass is 32.2. The van der Waals surface area contributed by atoms with Crippen LogP contribution in [0, 0.1) is 0 Å². The average Bonchev–Trinajstić information content (AvgIpc) is 3.03. The minimum absolute atomic E-state index is 0.0832. The first kappa shape index (κ1) is 15.6. The number of rotatable bonds is 4. The molecule has 2 heterocycles. The second-order valence-electron chi connectivity index (χ2n) is 4.87. The van der Waals surface area contributed by atoms with Gasteiger partial charge in [0.05, 0.1) is 11.9 Å². The Labute approximate surface area is 136 Å². The number of nitrogens with zero attached hydrogens (tertiary/aromatic N) is 3. The lowest BCUT2D eigenvalue weighted by molar-refractivity contribution is -0.119. The number of hydrogen-bond donors (Lipinski definition) is 2. The molecule has 0 aliphatic rings. The molecule has 2 aromatic heterocycles. The summed E-state index contributed by atoms with van der Waals surface area (Å²) in [7, 11) is -3.82. The van der Waals surface area contributed by atoms with Crippen LogP contribution < -0.4 is 10.5 Å². The van der Waals surface area contributed by atoms with E-state index in [1.165, 1.54) is 11.4 Å². The van der Waals surface area contributed by atoms with Crippen LogP contribution in [-0.2, 0) is 21.4 Å². The van der Waals surface area contributed by atoms with E-state index in [1.807, 2.05) is 24.3 Å². The zero-order valence-corrected chi connectivity index (χ0v) is 13.7. The number of fused-ring (bicyclic) bond motifs is 1. The summed E-state index contributed by atoms with van der Waals surface area (Å²) in [5.41, 5.74) is 2.52. The normalized spacial score (nSPS) is 11.7. The molecule has 0 unspecified atom stereocenters. The Morgan fingerprint density at radius 3 is 2.61 bits per heavy atom. The van der Waals surface area contributed by atoms with E-state index in [0.717, 1.165) is 22.5 Å². The molecule has 3 aromatic rings. The molecule has 0 aliphatic carbocycles. The molecule has 1 amide bonds. The van der Waals surface area contributed by atoms with E-state index in [4.69, 9.17) is 5.14 Å². The van der Waals surface area contributed by atoms with Crippen molar-refractivity contribution in [2.75, 3.05) is 0 Å². The van der Waals surface area contributed by atoms with E-state index in [0.29, 0.717) is 17.2 Å². The molecular weight excluding hydrogens is 338 g/mol. The second-order valence-corrected chi connectivity index (χ2v) is 7.56. The van der Waals surface area contributed by atoms with Gasteiger partial charge in [-0.2, -0.15) is 0 Å². The molecule has 0 aliphatic heterocycles. The fourth-order valence-corrected chi connectivity index (χ4v) is 3.46. The summed E-state index contributed by atoms with van der Waals surface area (Å²) < 4.78 is 23.7. The monoisotopic (exact) mass is 351 g/mol. The van der Waals surface area contributed by atoms with Crippen molar-refractivity contribution >= 4 is 32.2 Å². The number of primary sulfonamides is 1. The number of benzene rings is 1. The predicted octanol–water partition coefficient (Wildman–Crippen LogP) is 0.741. The number of nitrogens with two attached hydrogens (primary N) is 1. The lowest BCUT2D eigenvalue weighted by atomic mass is 10.1. The number of sulfonamides is 1. The van der Waals surface area contributed by atoms with Crippen molar-refractivity contribution in [2.24, 2.45) is 5.14 Å². The SMILES string of the molecule is CC(=O)NCc1ccc(-c2cn3nc(S(N)(=O)=O)sc3n2)cc1. The van der Waals surface area contributed by atoms with Crippen molar-refractivity contribution in [2.45, 2.75) is 17.8 Å². The van der Waals surface area contributed by atoms with Crippen molar-refractivity contribution < 1.29 is 13.2 Å². The van der Waals surface area contributed by atoms with Crippen LogP contribution in [0.1, 0.15) is 12.5 Å². The molecule has 0 atom stereocenters. The third-order valence-corrected chi connectivity index (χ3v) is 5.29. The zero-order valence-electron chi connectivity index (χ0n) is 12.1. The molecule has 0 bridgehead atoms. The van der Waals surface area contributed by atoms with E-state index in [1.54, 1.807) is 6.20 Å². The summed E-state index contributed by atoms with van der Waals surface area (Å²) in [4.78, 5) is 15.7. The minimum atomic E-state index is -3.82. The molecule has 23 heavy (non-hydrogen) atoms. The van der Waals surface area contributed by atoms with E-state index in [-0.39, 0.29) is 10.2 Å². The fourth-order valence-electron chi connectivity index (χ4n) is 1.96. The van der Waals surface area contributed by atoms with Gasteiger partial charge in [-0.1, -0.05) is 35.6 Å². The van der Waals surface area contributed by atoms with Crippen LogP contribution in [0.5, 0.6) is 0 Å². The van der Waals surface area contributed by atoms with E-state index >= 15 is 0 Å². The lowest BCUT2D eigenvalue weighted by Gasteiger charge is -2.03. The largest absolute Gasteiger partial charge is 0.352 e. The molecule has 0 fully saturated rings. The van der Waals surface area contributed by atoms with Crippen LogP contribution >= 0.6 is 11.3 Å². The van der Waals surface area contributed by atoms with Crippen molar-refractivity contribution in [1.29, 1.82) is 0 Å². The van der Waals surface area contributed by atoms with Crippen LogP contribution in [0.25, 0.3) is 16.2 Å². The number of carbonyl (C=O) groups is 1. The van der Waals surface area contributed by atoms with Crippen LogP contribution in [0.2, 0.25) is 0 Å². The summed E-state index contributed by atoms with van der Waals surface area (Å²) >= 11 is 0.914. The van der Waals surface area contributed by atoms with Gasteiger partial charge in [0, 0.05) is 19.0 Å². The molecule has 0 saturated carbocycles. The summed E-state index contributed by atoms with van der Waals surface area (Å²) in [6.45, 7) is 1.93. The summed E-state index contributed by atoms with van der Waals surface area (Å²) in [5.74, 6) is -0.0832. The lowest BCUT2D eigenvalue weighted by Crippen LogP contribution is -2.18. The maximum atomic E-state index is 11.3. The molecule has 1 aromatic carbocycles. The van der Waals surface area contributed by atoms with Gasteiger partial charge in [-0.15, -0.1) is 5.10 Å². The summed E-state index contributed by atoms with van der Waals surface area (Å²) in [6.07, 6.45) is 1.64. The van der Waals surface area contributed by atoms with Gasteiger partial charge >= 0.3 is 0 Å². The number of nitrogens with one attached hydrogen (secondary N) is 1. The number of hydrogen-bond acceptors (Lipinski definition) is 6. The first-order valence-electron chi connectivity index (χ1n) is 6.56. The van der Waals surface area contributed by atoms with Crippen LogP contribution in [-0.4, -0.2) is 28.9 Å². The molecule has 10 heteroatoms. The van der Waals surface area contributed by atoms with Gasteiger partial charge in [-0.05, 0) is 5.56 Å². The first-order chi connectivity index (χ1) is 10.8. The molecular formula is C13H13N5O3S2.